The average molecular weight is 342 g/mol. The molecular weight excluding hydrogens is 324 g/mol. The molecule has 1 aromatic carbocycles. The van der Waals surface area contributed by atoms with E-state index in [0.717, 1.165) is 4.90 Å². The second-order valence-corrected chi connectivity index (χ2v) is 6.03. The first kappa shape index (κ1) is 16.8. The Balaban J connectivity index is 1.86. The Morgan fingerprint density at radius 1 is 1.28 bits per heavy atom. The summed E-state index contributed by atoms with van der Waals surface area (Å²) < 4.78 is 10.1. The smallest absolute Gasteiger partial charge is 0.374 e. The molecule has 2 heterocycles. The van der Waals surface area contributed by atoms with Crippen LogP contribution in [0.1, 0.15) is 34.4 Å². The summed E-state index contributed by atoms with van der Waals surface area (Å²) in [5, 5.41) is 2.73. The molecular formula is C18H18N2O5. The number of nitrogens with one attached hydrogen (secondary N) is 1. The zero-order chi connectivity index (χ0) is 18.2. The summed E-state index contributed by atoms with van der Waals surface area (Å²) in [6.07, 6.45) is 0. The quantitative estimate of drug-likeness (QED) is 0.680. The Morgan fingerprint density at radius 3 is 2.60 bits per heavy atom. The first-order chi connectivity index (χ1) is 11.9. The van der Waals surface area contributed by atoms with Gasteiger partial charge < -0.3 is 14.5 Å². The third-order valence-corrected chi connectivity index (χ3v) is 4.28. The fraction of sp³-hybridized carbons (Fsp3) is 0.278. The number of esters is 1. The van der Waals surface area contributed by atoms with E-state index in [4.69, 9.17) is 4.42 Å². The van der Waals surface area contributed by atoms with Crippen molar-refractivity contribution in [3.05, 3.63) is 59.0 Å². The number of rotatable bonds is 4. The van der Waals surface area contributed by atoms with Gasteiger partial charge in [-0.05, 0) is 25.5 Å². The molecule has 0 bridgehead atoms. The van der Waals surface area contributed by atoms with Gasteiger partial charge >= 0.3 is 12.0 Å². The lowest BCUT2D eigenvalue weighted by Crippen LogP contribution is -2.40. The number of hydrogen-bond donors (Lipinski definition) is 1. The van der Waals surface area contributed by atoms with Crippen molar-refractivity contribution >= 4 is 17.9 Å². The van der Waals surface area contributed by atoms with Crippen LogP contribution in [-0.2, 0) is 21.6 Å². The molecule has 1 fully saturated rings. The van der Waals surface area contributed by atoms with Gasteiger partial charge in [0, 0.05) is 5.56 Å². The molecule has 0 radical (unpaired) electrons. The van der Waals surface area contributed by atoms with E-state index in [-0.39, 0.29) is 18.2 Å². The highest BCUT2D eigenvalue weighted by Gasteiger charge is 2.49. The van der Waals surface area contributed by atoms with Crippen molar-refractivity contribution in [2.75, 3.05) is 7.11 Å². The number of furan rings is 1. The fourth-order valence-electron chi connectivity index (χ4n) is 2.88. The van der Waals surface area contributed by atoms with Crippen molar-refractivity contribution in [2.24, 2.45) is 0 Å². The first-order valence-corrected chi connectivity index (χ1v) is 7.74. The SMILES string of the molecule is COC(=O)c1oc(CN2C(=O)N[C@](C)(c3ccccc3)C2=O)cc1C. The minimum absolute atomic E-state index is 0.0646. The molecule has 0 spiro atoms. The lowest BCUT2D eigenvalue weighted by Gasteiger charge is -2.21. The molecule has 3 amide bonds. The first-order valence-electron chi connectivity index (χ1n) is 7.74. The van der Waals surface area contributed by atoms with Gasteiger partial charge in [-0.15, -0.1) is 0 Å². The Morgan fingerprint density at radius 2 is 1.96 bits per heavy atom. The third-order valence-electron chi connectivity index (χ3n) is 4.28. The Kier molecular flexibility index (Phi) is 4.08. The van der Waals surface area contributed by atoms with E-state index in [1.165, 1.54) is 7.11 Å². The summed E-state index contributed by atoms with van der Waals surface area (Å²) in [4.78, 5) is 37.9. The van der Waals surface area contributed by atoms with Gasteiger partial charge in [-0.3, -0.25) is 9.69 Å². The van der Waals surface area contributed by atoms with E-state index in [9.17, 15) is 14.4 Å². The molecule has 0 saturated carbocycles. The highest BCUT2D eigenvalue weighted by atomic mass is 16.5. The standard InChI is InChI=1S/C18H18N2O5/c1-11-9-13(25-14(11)15(21)24-3)10-20-16(22)18(2,19-17(20)23)12-7-5-4-6-8-12/h4-9H,10H2,1-3H3,(H,19,23)/t18-/m1/s1. The molecule has 0 aliphatic carbocycles. The summed E-state index contributed by atoms with van der Waals surface area (Å²) in [5.74, 6) is -0.582. The zero-order valence-corrected chi connectivity index (χ0v) is 14.2. The minimum Gasteiger partial charge on any atom is -0.463 e. The number of methoxy groups -OCH3 is 1. The number of nitrogens with zero attached hydrogens (tertiary/aromatic N) is 1. The highest BCUT2D eigenvalue weighted by Crippen LogP contribution is 2.30. The molecule has 1 aliphatic rings. The van der Waals surface area contributed by atoms with Crippen LogP contribution in [0.25, 0.3) is 0 Å². The van der Waals surface area contributed by atoms with Crippen LogP contribution in [0.2, 0.25) is 0 Å². The van der Waals surface area contributed by atoms with E-state index in [2.05, 4.69) is 10.1 Å². The predicted molar refractivity (Wildman–Crippen MR) is 87.7 cm³/mol. The van der Waals surface area contributed by atoms with Crippen LogP contribution in [0.15, 0.2) is 40.8 Å². The van der Waals surface area contributed by atoms with Gasteiger partial charge in [-0.25, -0.2) is 9.59 Å². The number of benzene rings is 1. The monoisotopic (exact) mass is 342 g/mol. The maximum Gasteiger partial charge on any atom is 0.374 e. The summed E-state index contributed by atoms with van der Waals surface area (Å²) in [6.45, 7) is 3.29. The van der Waals surface area contributed by atoms with Crippen LogP contribution in [0.3, 0.4) is 0 Å². The molecule has 1 saturated heterocycles. The van der Waals surface area contributed by atoms with Gasteiger partial charge in [0.15, 0.2) is 0 Å². The maximum absolute atomic E-state index is 12.8. The van der Waals surface area contributed by atoms with E-state index in [1.54, 1.807) is 44.2 Å². The van der Waals surface area contributed by atoms with Gasteiger partial charge in [0.05, 0.1) is 13.7 Å². The minimum atomic E-state index is -1.13. The molecule has 2 aromatic rings. The molecule has 1 aliphatic heterocycles. The van der Waals surface area contributed by atoms with Crippen molar-refractivity contribution in [1.82, 2.24) is 10.2 Å². The van der Waals surface area contributed by atoms with Crippen molar-refractivity contribution in [1.29, 1.82) is 0 Å². The average Bonchev–Trinajstić information content (AvgIpc) is 3.08. The van der Waals surface area contributed by atoms with Crippen molar-refractivity contribution in [3.63, 3.8) is 0 Å². The number of carbonyl (C=O) groups is 3. The van der Waals surface area contributed by atoms with Crippen LogP contribution in [0, 0.1) is 6.92 Å². The van der Waals surface area contributed by atoms with E-state index in [1.807, 2.05) is 6.07 Å². The van der Waals surface area contributed by atoms with Crippen LogP contribution in [0.5, 0.6) is 0 Å². The number of imide groups is 1. The molecule has 25 heavy (non-hydrogen) atoms. The van der Waals surface area contributed by atoms with E-state index in [0.29, 0.717) is 16.9 Å². The molecule has 0 unspecified atom stereocenters. The van der Waals surface area contributed by atoms with Gasteiger partial charge in [-0.1, -0.05) is 30.3 Å². The lowest BCUT2D eigenvalue weighted by atomic mass is 9.92. The number of aryl methyl sites for hydroxylation is 1. The van der Waals surface area contributed by atoms with E-state index < -0.39 is 17.5 Å². The fourth-order valence-corrected chi connectivity index (χ4v) is 2.88. The number of urea groups is 1. The molecule has 7 heteroatoms. The summed E-state index contributed by atoms with van der Waals surface area (Å²) >= 11 is 0. The van der Waals surface area contributed by atoms with Crippen LogP contribution in [0.4, 0.5) is 4.79 Å². The van der Waals surface area contributed by atoms with Gasteiger partial charge in [0.1, 0.15) is 11.3 Å². The Bertz CT molecular complexity index is 842. The van der Waals surface area contributed by atoms with Crippen LogP contribution < -0.4 is 5.32 Å². The molecule has 7 nitrogen and oxygen atoms in total. The number of hydrogen-bond acceptors (Lipinski definition) is 5. The Hall–Kier alpha value is -3.09. The number of ether oxygens (including phenoxy) is 1. The Labute approximate surface area is 144 Å². The van der Waals surface area contributed by atoms with Crippen molar-refractivity contribution in [2.45, 2.75) is 25.9 Å². The summed E-state index contributed by atoms with van der Waals surface area (Å²) in [7, 11) is 1.26. The number of carbonyl (C=O) groups excluding carboxylic acids is 3. The molecule has 3 rings (SSSR count). The van der Waals surface area contributed by atoms with E-state index >= 15 is 0 Å². The van der Waals surface area contributed by atoms with Gasteiger partial charge in [0.25, 0.3) is 5.91 Å². The second-order valence-electron chi connectivity index (χ2n) is 6.03. The van der Waals surface area contributed by atoms with Crippen molar-refractivity contribution < 1.29 is 23.5 Å². The lowest BCUT2D eigenvalue weighted by molar-refractivity contribution is -0.131. The molecule has 1 N–H and O–H groups in total. The van der Waals surface area contributed by atoms with Gasteiger partial charge in [0.2, 0.25) is 5.76 Å². The predicted octanol–water partition coefficient (Wildman–Crippen LogP) is 2.34. The zero-order valence-electron chi connectivity index (χ0n) is 14.2. The summed E-state index contributed by atoms with van der Waals surface area (Å²) in [6, 6.07) is 10.1. The normalized spacial score (nSPS) is 19.9. The van der Waals surface area contributed by atoms with Crippen LogP contribution in [-0.4, -0.2) is 29.9 Å². The van der Waals surface area contributed by atoms with Gasteiger partial charge in [-0.2, -0.15) is 0 Å². The second kappa shape index (κ2) is 6.08. The van der Waals surface area contributed by atoms with Crippen molar-refractivity contribution in [3.8, 4) is 0 Å². The highest BCUT2D eigenvalue weighted by molar-refractivity contribution is 6.07. The summed E-state index contributed by atoms with van der Waals surface area (Å²) in [5.41, 5.74) is 0.145. The molecule has 130 valence electrons. The van der Waals surface area contributed by atoms with Crippen LogP contribution >= 0.6 is 0 Å². The number of amides is 3. The molecule has 1 aromatic heterocycles. The third kappa shape index (κ3) is 2.77. The topological polar surface area (TPSA) is 88.8 Å². The largest absolute Gasteiger partial charge is 0.463 e. The maximum atomic E-state index is 12.8. The molecule has 1 atom stereocenters.